The number of hydrogen-bond acceptors (Lipinski definition) is 0. The molecular formula is C42H42. The van der Waals surface area contributed by atoms with Crippen LogP contribution in [0.15, 0.2) is 109 Å². The molecule has 6 aromatic carbocycles. The van der Waals surface area contributed by atoms with Crippen LogP contribution < -0.4 is 0 Å². The van der Waals surface area contributed by atoms with Gasteiger partial charge in [-0.25, -0.2) is 0 Å². The second-order valence-electron chi connectivity index (χ2n) is 12.5. The molecule has 1 atom stereocenters. The van der Waals surface area contributed by atoms with Gasteiger partial charge >= 0.3 is 0 Å². The summed E-state index contributed by atoms with van der Waals surface area (Å²) >= 11 is 0. The SMILES string of the molecule is CCCC(CC)c1ccc2c(-c3ccc4ccccc4c3)c3ccccc3c(-c3ccc(C4CCCCC4)cc3)c2c1. The second kappa shape index (κ2) is 11.8. The highest BCUT2D eigenvalue weighted by Gasteiger charge is 2.20. The highest BCUT2D eigenvalue weighted by Crippen LogP contribution is 2.45. The lowest BCUT2D eigenvalue weighted by Crippen LogP contribution is -2.04. The monoisotopic (exact) mass is 546 g/mol. The third kappa shape index (κ3) is 4.92. The summed E-state index contributed by atoms with van der Waals surface area (Å²) < 4.78 is 0. The molecule has 0 radical (unpaired) electrons. The van der Waals surface area contributed by atoms with Crippen molar-refractivity contribution in [2.24, 2.45) is 0 Å². The van der Waals surface area contributed by atoms with Gasteiger partial charge in [0.1, 0.15) is 0 Å². The van der Waals surface area contributed by atoms with Crippen molar-refractivity contribution in [3.8, 4) is 22.3 Å². The number of fused-ring (bicyclic) bond motifs is 3. The molecule has 0 N–H and O–H groups in total. The Morgan fingerprint density at radius 3 is 1.93 bits per heavy atom. The molecule has 1 aliphatic carbocycles. The molecule has 0 aromatic heterocycles. The van der Waals surface area contributed by atoms with E-state index < -0.39 is 0 Å². The highest BCUT2D eigenvalue weighted by atomic mass is 14.2. The van der Waals surface area contributed by atoms with E-state index in [2.05, 4.69) is 123 Å². The van der Waals surface area contributed by atoms with E-state index in [-0.39, 0.29) is 0 Å². The lowest BCUT2D eigenvalue weighted by Gasteiger charge is -2.23. The van der Waals surface area contributed by atoms with Gasteiger partial charge in [-0.1, -0.05) is 143 Å². The van der Waals surface area contributed by atoms with Crippen LogP contribution in [0.5, 0.6) is 0 Å². The average molecular weight is 547 g/mol. The van der Waals surface area contributed by atoms with Gasteiger partial charge in [-0.2, -0.15) is 0 Å². The molecule has 1 fully saturated rings. The first kappa shape index (κ1) is 27.0. The normalized spacial score (nSPS) is 15.0. The summed E-state index contributed by atoms with van der Waals surface area (Å²) in [6.07, 6.45) is 10.4. The molecule has 0 heteroatoms. The van der Waals surface area contributed by atoms with Gasteiger partial charge in [0.05, 0.1) is 0 Å². The van der Waals surface area contributed by atoms with Gasteiger partial charge in [-0.05, 0) is 109 Å². The molecule has 0 heterocycles. The van der Waals surface area contributed by atoms with Gasteiger partial charge in [0.25, 0.3) is 0 Å². The van der Waals surface area contributed by atoms with Crippen LogP contribution in [0.25, 0.3) is 54.6 Å². The molecule has 1 unspecified atom stereocenters. The Labute approximate surface area is 251 Å². The Bertz CT molecular complexity index is 1850. The van der Waals surface area contributed by atoms with E-state index in [4.69, 9.17) is 0 Å². The van der Waals surface area contributed by atoms with Gasteiger partial charge in [0.15, 0.2) is 0 Å². The topological polar surface area (TPSA) is 0 Å². The Hall–Kier alpha value is -3.90. The first-order valence-corrected chi connectivity index (χ1v) is 16.3. The van der Waals surface area contributed by atoms with Crippen LogP contribution >= 0.6 is 0 Å². The summed E-state index contributed by atoms with van der Waals surface area (Å²) in [5.41, 5.74) is 8.36. The van der Waals surface area contributed by atoms with Crippen molar-refractivity contribution < 1.29 is 0 Å². The largest absolute Gasteiger partial charge is 0.0654 e. The fraction of sp³-hybridized carbons (Fsp3) is 0.286. The van der Waals surface area contributed by atoms with E-state index in [1.807, 2.05) is 0 Å². The van der Waals surface area contributed by atoms with E-state index in [1.165, 1.54) is 117 Å². The molecule has 0 aliphatic heterocycles. The Morgan fingerprint density at radius 2 is 1.21 bits per heavy atom. The van der Waals surface area contributed by atoms with Crippen molar-refractivity contribution in [2.45, 2.75) is 77.0 Å². The number of rotatable bonds is 7. The average Bonchev–Trinajstić information content (AvgIpc) is 3.06. The smallest absolute Gasteiger partial charge is 0.00261 e. The molecule has 0 amide bonds. The zero-order chi connectivity index (χ0) is 28.5. The van der Waals surface area contributed by atoms with Gasteiger partial charge in [0.2, 0.25) is 0 Å². The predicted octanol–water partition coefficient (Wildman–Crippen LogP) is 12.8. The molecule has 1 aliphatic rings. The van der Waals surface area contributed by atoms with Crippen LogP contribution in [-0.2, 0) is 0 Å². The Kier molecular flexibility index (Phi) is 7.55. The molecule has 210 valence electrons. The number of benzene rings is 6. The van der Waals surface area contributed by atoms with Crippen molar-refractivity contribution >= 4 is 32.3 Å². The first-order chi connectivity index (χ1) is 20.7. The maximum atomic E-state index is 2.54. The molecule has 0 saturated heterocycles. The van der Waals surface area contributed by atoms with Gasteiger partial charge in [-0.3, -0.25) is 0 Å². The molecule has 1 saturated carbocycles. The fourth-order valence-electron chi connectivity index (χ4n) is 7.73. The third-order valence-corrected chi connectivity index (χ3v) is 9.96. The Balaban J connectivity index is 1.50. The molecular weight excluding hydrogens is 504 g/mol. The lowest BCUT2D eigenvalue weighted by molar-refractivity contribution is 0.443. The van der Waals surface area contributed by atoms with Crippen LogP contribution in [0.4, 0.5) is 0 Å². The maximum absolute atomic E-state index is 2.54. The zero-order valence-corrected chi connectivity index (χ0v) is 25.2. The van der Waals surface area contributed by atoms with E-state index in [0.717, 1.165) is 5.92 Å². The molecule has 0 nitrogen and oxygen atoms in total. The third-order valence-electron chi connectivity index (χ3n) is 9.96. The van der Waals surface area contributed by atoms with Crippen molar-refractivity contribution in [3.63, 3.8) is 0 Å². The van der Waals surface area contributed by atoms with Crippen LogP contribution in [0, 0.1) is 0 Å². The van der Waals surface area contributed by atoms with Crippen LogP contribution in [0.2, 0.25) is 0 Å². The summed E-state index contributed by atoms with van der Waals surface area (Å²) in [4.78, 5) is 0. The molecule has 0 bridgehead atoms. The van der Waals surface area contributed by atoms with Crippen LogP contribution in [0.3, 0.4) is 0 Å². The standard InChI is InChI=1S/C42H42/c1-3-12-29(4-2)35-25-26-39-40(28-35)41(33-22-19-32(20-23-33)30-13-6-5-7-14-30)37-17-10-11-18-38(37)42(39)36-24-21-31-15-8-9-16-34(31)27-36/h8-11,15-30H,3-7,12-14H2,1-2H3. The first-order valence-electron chi connectivity index (χ1n) is 16.3. The Morgan fingerprint density at radius 1 is 0.571 bits per heavy atom. The molecule has 0 spiro atoms. The predicted molar refractivity (Wildman–Crippen MR) is 184 cm³/mol. The quantitative estimate of drug-likeness (QED) is 0.175. The van der Waals surface area contributed by atoms with Gasteiger partial charge in [-0.15, -0.1) is 0 Å². The van der Waals surface area contributed by atoms with Crippen molar-refractivity contribution in [2.75, 3.05) is 0 Å². The fourth-order valence-corrected chi connectivity index (χ4v) is 7.73. The molecule has 7 rings (SSSR count). The molecule has 6 aromatic rings. The zero-order valence-electron chi connectivity index (χ0n) is 25.2. The van der Waals surface area contributed by atoms with Crippen LogP contribution in [0.1, 0.15) is 88.2 Å². The van der Waals surface area contributed by atoms with E-state index in [9.17, 15) is 0 Å². The minimum absolute atomic E-state index is 0.594. The summed E-state index contributed by atoms with van der Waals surface area (Å²) in [7, 11) is 0. The maximum Gasteiger partial charge on any atom is -0.00261 e. The summed E-state index contributed by atoms with van der Waals surface area (Å²) in [5.74, 6) is 1.32. The van der Waals surface area contributed by atoms with Crippen molar-refractivity contribution in [3.05, 3.63) is 120 Å². The van der Waals surface area contributed by atoms with Crippen molar-refractivity contribution in [1.82, 2.24) is 0 Å². The van der Waals surface area contributed by atoms with E-state index in [0.29, 0.717) is 5.92 Å². The van der Waals surface area contributed by atoms with E-state index >= 15 is 0 Å². The lowest BCUT2D eigenvalue weighted by atomic mass is 9.81. The van der Waals surface area contributed by atoms with Crippen molar-refractivity contribution in [1.29, 1.82) is 0 Å². The molecule has 42 heavy (non-hydrogen) atoms. The minimum Gasteiger partial charge on any atom is -0.0654 e. The van der Waals surface area contributed by atoms with E-state index in [1.54, 1.807) is 0 Å². The van der Waals surface area contributed by atoms with Crippen LogP contribution in [-0.4, -0.2) is 0 Å². The summed E-state index contributed by atoms with van der Waals surface area (Å²) in [6, 6.07) is 41.9. The second-order valence-corrected chi connectivity index (χ2v) is 12.5. The van der Waals surface area contributed by atoms with Gasteiger partial charge < -0.3 is 0 Å². The summed E-state index contributed by atoms with van der Waals surface area (Å²) in [6.45, 7) is 4.66. The van der Waals surface area contributed by atoms with Gasteiger partial charge in [0, 0.05) is 0 Å². The highest BCUT2D eigenvalue weighted by molar-refractivity contribution is 6.21. The number of hydrogen-bond donors (Lipinski definition) is 0. The summed E-state index contributed by atoms with van der Waals surface area (Å²) in [5, 5.41) is 8.00. The minimum atomic E-state index is 0.594.